The normalized spacial score (nSPS) is 33.9. The van der Waals surface area contributed by atoms with Crippen molar-refractivity contribution in [1.82, 2.24) is 0 Å². The molecule has 0 aliphatic heterocycles. The van der Waals surface area contributed by atoms with Crippen LogP contribution in [0, 0.1) is 22.7 Å². The predicted molar refractivity (Wildman–Crippen MR) is 135 cm³/mol. The zero-order chi connectivity index (χ0) is 24.5. The molecule has 0 heterocycles. The van der Waals surface area contributed by atoms with Crippen LogP contribution in [-0.4, -0.2) is 18.0 Å². The predicted octanol–water partition coefficient (Wildman–Crippen LogP) is 7.15. The Morgan fingerprint density at radius 2 is 1.94 bits per heavy atom. The molecule has 0 amide bonds. The van der Waals surface area contributed by atoms with Crippen LogP contribution in [0.5, 0.6) is 5.75 Å². The second-order valence-corrected chi connectivity index (χ2v) is 11.3. The zero-order valence-corrected chi connectivity index (χ0v) is 21.5. The Kier molecular flexibility index (Phi) is 7.26. The molecular formula is C30H42O4. The average molecular weight is 467 g/mol. The molecule has 2 fully saturated rings. The Bertz CT molecular complexity index is 936. The van der Waals surface area contributed by atoms with Gasteiger partial charge in [0.05, 0.1) is 0 Å². The molecule has 3 aliphatic carbocycles. The first kappa shape index (κ1) is 25.0. The Morgan fingerprint density at radius 1 is 1.15 bits per heavy atom. The molecule has 0 aromatic heterocycles. The zero-order valence-electron chi connectivity index (χ0n) is 21.5. The third-order valence-electron chi connectivity index (χ3n) is 9.31. The molecule has 0 bridgehead atoms. The van der Waals surface area contributed by atoms with E-state index in [0.717, 1.165) is 32.1 Å². The standard InChI is InChI=1S/C30H42O4/c1-6-8-9-10-11-23-19-29(5)26(14-15-27(29)34-21(4)32)30(7-2)17-16-22-18-24(33-20(3)31)12-13-25(22)28(23)30/h7,12-13,18,23,26-28H,2,6,8-11,14-17,19H2,1,3-5H3/t23-,26?,27-,28?,29-,30-/m0/s1. The summed E-state index contributed by atoms with van der Waals surface area (Å²) >= 11 is 0. The van der Waals surface area contributed by atoms with Crippen LogP contribution >= 0.6 is 0 Å². The van der Waals surface area contributed by atoms with Crippen LogP contribution in [0.1, 0.15) is 103 Å². The molecule has 34 heavy (non-hydrogen) atoms. The van der Waals surface area contributed by atoms with E-state index in [2.05, 4.69) is 38.6 Å². The largest absolute Gasteiger partial charge is 0.462 e. The lowest BCUT2D eigenvalue weighted by molar-refractivity contribution is -0.159. The van der Waals surface area contributed by atoms with Crippen molar-refractivity contribution in [3.63, 3.8) is 0 Å². The Morgan fingerprint density at radius 3 is 2.62 bits per heavy atom. The molecule has 4 rings (SSSR count). The molecular weight excluding hydrogens is 424 g/mol. The number of fused-ring (bicyclic) bond motifs is 5. The summed E-state index contributed by atoms with van der Waals surface area (Å²) in [6.07, 6.45) is 13.6. The first-order valence-electron chi connectivity index (χ1n) is 13.4. The minimum atomic E-state index is -0.277. The summed E-state index contributed by atoms with van der Waals surface area (Å²) in [5.41, 5.74) is 2.73. The van der Waals surface area contributed by atoms with Gasteiger partial charge in [-0.1, -0.05) is 51.7 Å². The van der Waals surface area contributed by atoms with Gasteiger partial charge in [-0.25, -0.2) is 0 Å². The third-order valence-corrected chi connectivity index (χ3v) is 9.31. The van der Waals surface area contributed by atoms with E-state index >= 15 is 0 Å². The molecule has 4 nitrogen and oxygen atoms in total. The molecule has 3 aliphatic rings. The second kappa shape index (κ2) is 9.87. The van der Waals surface area contributed by atoms with Gasteiger partial charge in [0.2, 0.25) is 0 Å². The highest BCUT2D eigenvalue weighted by molar-refractivity contribution is 5.69. The van der Waals surface area contributed by atoms with Crippen molar-refractivity contribution in [2.75, 3.05) is 0 Å². The number of esters is 2. The van der Waals surface area contributed by atoms with Gasteiger partial charge in [0, 0.05) is 19.3 Å². The molecule has 6 atom stereocenters. The van der Waals surface area contributed by atoms with E-state index in [-0.39, 0.29) is 28.9 Å². The van der Waals surface area contributed by atoms with Gasteiger partial charge < -0.3 is 9.47 Å². The van der Waals surface area contributed by atoms with Crippen LogP contribution in [0.25, 0.3) is 0 Å². The van der Waals surface area contributed by atoms with E-state index in [9.17, 15) is 9.59 Å². The van der Waals surface area contributed by atoms with E-state index < -0.39 is 0 Å². The summed E-state index contributed by atoms with van der Waals surface area (Å²) in [4.78, 5) is 23.5. The average Bonchev–Trinajstić information content (AvgIpc) is 3.11. The van der Waals surface area contributed by atoms with Crippen LogP contribution < -0.4 is 4.74 Å². The van der Waals surface area contributed by atoms with Gasteiger partial charge in [-0.2, -0.15) is 0 Å². The van der Waals surface area contributed by atoms with E-state index in [1.807, 2.05) is 6.07 Å². The van der Waals surface area contributed by atoms with Crippen molar-refractivity contribution in [2.45, 2.75) is 104 Å². The molecule has 2 saturated carbocycles. The van der Waals surface area contributed by atoms with Crippen molar-refractivity contribution in [3.8, 4) is 5.75 Å². The van der Waals surface area contributed by atoms with Crippen LogP contribution in [0.4, 0.5) is 0 Å². The number of aryl methyl sites for hydroxylation is 1. The lowest BCUT2D eigenvalue weighted by atomic mass is 9.44. The number of allylic oxidation sites excluding steroid dienone is 1. The summed E-state index contributed by atoms with van der Waals surface area (Å²) in [5.74, 6) is 1.60. The summed E-state index contributed by atoms with van der Waals surface area (Å²) < 4.78 is 11.4. The molecule has 0 spiro atoms. The first-order valence-corrected chi connectivity index (χ1v) is 13.4. The van der Waals surface area contributed by atoms with Crippen molar-refractivity contribution in [3.05, 3.63) is 42.0 Å². The number of benzene rings is 1. The van der Waals surface area contributed by atoms with Gasteiger partial charge in [-0.15, -0.1) is 6.58 Å². The van der Waals surface area contributed by atoms with E-state index in [4.69, 9.17) is 9.47 Å². The van der Waals surface area contributed by atoms with Gasteiger partial charge in [-0.3, -0.25) is 9.59 Å². The number of hydrogen-bond donors (Lipinski definition) is 0. The fourth-order valence-corrected chi connectivity index (χ4v) is 8.12. The highest BCUT2D eigenvalue weighted by Crippen LogP contribution is 2.70. The molecule has 2 unspecified atom stereocenters. The lowest BCUT2D eigenvalue weighted by Gasteiger charge is -2.60. The lowest BCUT2D eigenvalue weighted by Crippen LogP contribution is -2.54. The fraction of sp³-hybridized carbons (Fsp3) is 0.667. The Balaban J connectivity index is 1.75. The number of hydrogen-bond acceptors (Lipinski definition) is 4. The van der Waals surface area contributed by atoms with E-state index in [1.165, 1.54) is 50.2 Å². The number of ether oxygens (including phenoxy) is 2. The van der Waals surface area contributed by atoms with Crippen molar-refractivity contribution in [2.24, 2.45) is 22.7 Å². The van der Waals surface area contributed by atoms with E-state index in [1.54, 1.807) is 6.92 Å². The summed E-state index contributed by atoms with van der Waals surface area (Å²) in [6, 6.07) is 6.27. The van der Waals surface area contributed by atoms with E-state index in [0.29, 0.717) is 23.5 Å². The van der Waals surface area contributed by atoms with Gasteiger partial charge in [0.1, 0.15) is 11.9 Å². The molecule has 4 heteroatoms. The summed E-state index contributed by atoms with van der Waals surface area (Å²) in [5, 5.41) is 0. The Labute approximate surface area is 205 Å². The number of unbranched alkanes of at least 4 members (excludes halogenated alkanes) is 3. The molecule has 1 aromatic rings. The minimum Gasteiger partial charge on any atom is -0.462 e. The van der Waals surface area contributed by atoms with Crippen LogP contribution in [-0.2, 0) is 20.7 Å². The maximum absolute atomic E-state index is 12.0. The summed E-state index contributed by atoms with van der Waals surface area (Å²) in [6.45, 7) is 12.1. The molecule has 0 saturated heterocycles. The van der Waals surface area contributed by atoms with Crippen molar-refractivity contribution >= 4 is 11.9 Å². The first-order chi connectivity index (χ1) is 16.2. The van der Waals surface area contributed by atoms with Crippen LogP contribution in [0.3, 0.4) is 0 Å². The SMILES string of the molecule is C=C[C@@]12CCc3cc(OC(C)=O)ccc3C1[C@@H](CCCCCC)C[C@@]1(C)C2CC[C@@H]1OC(C)=O. The highest BCUT2D eigenvalue weighted by Gasteiger charge is 2.64. The molecule has 0 N–H and O–H groups in total. The molecule has 186 valence electrons. The van der Waals surface area contributed by atoms with Crippen LogP contribution in [0.15, 0.2) is 30.9 Å². The second-order valence-electron chi connectivity index (χ2n) is 11.3. The smallest absolute Gasteiger partial charge is 0.308 e. The van der Waals surface area contributed by atoms with Gasteiger partial charge in [0.15, 0.2) is 0 Å². The maximum atomic E-state index is 12.0. The fourth-order valence-electron chi connectivity index (χ4n) is 8.12. The van der Waals surface area contributed by atoms with Gasteiger partial charge in [0.25, 0.3) is 0 Å². The van der Waals surface area contributed by atoms with Crippen LogP contribution in [0.2, 0.25) is 0 Å². The quantitative estimate of drug-likeness (QED) is 0.177. The monoisotopic (exact) mass is 466 g/mol. The van der Waals surface area contributed by atoms with Gasteiger partial charge >= 0.3 is 11.9 Å². The summed E-state index contributed by atoms with van der Waals surface area (Å²) in [7, 11) is 0. The maximum Gasteiger partial charge on any atom is 0.308 e. The van der Waals surface area contributed by atoms with Crippen molar-refractivity contribution in [1.29, 1.82) is 0 Å². The molecule has 0 radical (unpaired) electrons. The number of rotatable bonds is 8. The topological polar surface area (TPSA) is 52.6 Å². The third kappa shape index (κ3) is 4.33. The Hall–Kier alpha value is -2.10. The molecule has 1 aromatic carbocycles. The van der Waals surface area contributed by atoms with Crippen molar-refractivity contribution < 1.29 is 19.1 Å². The number of carbonyl (C=O) groups is 2. The van der Waals surface area contributed by atoms with Gasteiger partial charge in [-0.05, 0) is 85.0 Å². The highest BCUT2D eigenvalue weighted by atomic mass is 16.5. The minimum absolute atomic E-state index is 0.00124. The number of carbonyl (C=O) groups excluding carboxylic acids is 2.